The van der Waals surface area contributed by atoms with E-state index in [9.17, 15) is 9.59 Å². The average molecular weight is 478 g/mol. The summed E-state index contributed by atoms with van der Waals surface area (Å²) >= 11 is 1.69. The zero-order valence-electron chi connectivity index (χ0n) is 20.5. The molecule has 0 bridgehead atoms. The Balaban J connectivity index is 1.35. The van der Waals surface area contributed by atoms with Crippen LogP contribution in [0.4, 0.5) is 0 Å². The van der Waals surface area contributed by atoms with Crippen LogP contribution in [0.25, 0.3) is 10.9 Å². The first kappa shape index (κ1) is 23.0. The lowest BCUT2D eigenvalue weighted by atomic mass is 9.68. The molecule has 1 saturated heterocycles. The summed E-state index contributed by atoms with van der Waals surface area (Å²) in [6.45, 7) is 9.72. The summed E-state index contributed by atoms with van der Waals surface area (Å²) in [7, 11) is 1.63. The molecule has 1 spiro atoms. The van der Waals surface area contributed by atoms with Crippen LogP contribution in [-0.2, 0) is 11.8 Å². The molecule has 34 heavy (non-hydrogen) atoms. The number of rotatable bonds is 2. The molecule has 0 saturated carbocycles. The number of pyridine rings is 1. The number of methoxy groups -OCH3 is 1. The fourth-order valence-corrected chi connectivity index (χ4v) is 6.58. The second-order valence-electron chi connectivity index (χ2n) is 10.8. The van der Waals surface area contributed by atoms with E-state index in [0.717, 1.165) is 51.4 Å². The molecule has 5 rings (SSSR count). The Morgan fingerprint density at radius 2 is 1.91 bits per heavy atom. The van der Waals surface area contributed by atoms with Crippen molar-refractivity contribution in [2.24, 2.45) is 5.41 Å². The predicted molar refractivity (Wildman–Crippen MR) is 134 cm³/mol. The van der Waals surface area contributed by atoms with Crippen LogP contribution in [0.2, 0.25) is 0 Å². The average Bonchev–Trinajstić information content (AvgIpc) is 3.24. The number of amides is 1. The number of Topliss-reactive ketones (excluding diaryl/α,β-unsaturated/α-hetero) is 1. The van der Waals surface area contributed by atoms with Gasteiger partial charge in [0.15, 0.2) is 5.78 Å². The number of piperidine rings is 1. The number of thiazole rings is 1. The molecule has 178 valence electrons. The van der Waals surface area contributed by atoms with Crippen molar-refractivity contribution >= 4 is 33.9 Å². The Kier molecular flexibility index (Phi) is 5.51. The lowest BCUT2D eigenvalue weighted by molar-refractivity contribution is 0.0522. The van der Waals surface area contributed by atoms with Crippen molar-refractivity contribution in [2.45, 2.75) is 58.8 Å². The predicted octanol–water partition coefficient (Wildman–Crippen LogP) is 5.36. The van der Waals surface area contributed by atoms with Gasteiger partial charge in [-0.1, -0.05) is 20.8 Å². The Bertz CT molecular complexity index is 1300. The Labute approximate surface area is 204 Å². The molecule has 0 N–H and O–H groups in total. The molecule has 3 aromatic rings. The molecule has 6 nitrogen and oxygen atoms in total. The van der Waals surface area contributed by atoms with Crippen molar-refractivity contribution in [3.8, 4) is 5.75 Å². The first-order valence-corrected chi connectivity index (χ1v) is 12.7. The number of ether oxygens (including phenoxy) is 1. The summed E-state index contributed by atoms with van der Waals surface area (Å²) in [5.41, 5.74) is 3.04. The number of hydrogen-bond acceptors (Lipinski definition) is 6. The third-order valence-electron chi connectivity index (χ3n) is 7.25. The Morgan fingerprint density at radius 1 is 1.18 bits per heavy atom. The maximum absolute atomic E-state index is 13.4. The normalized spacial score (nSPS) is 17.8. The second-order valence-corrected chi connectivity index (χ2v) is 11.9. The van der Waals surface area contributed by atoms with Crippen molar-refractivity contribution < 1.29 is 14.3 Å². The molecular weight excluding hydrogens is 446 g/mol. The standard InChI is InChI=1S/C27H31N3O3S/c1-16-12-17(13-18-20(33-5)6-9-28-22(16)18)24(32)30-10-7-27(8-11-30)14-19(31)23-21(15-27)34-25(29-23)26(2,3)4/h6,9,12-13H,7-8,10-11,14-15H2,1-5H3. The number of carbonyl (C=O) groups excluding carboxylic acids is 2. The van der Waals surface area contributed by atoms with E-state index in [4.69, 9.17) is 9.72 Å². The van der Waals surface area contributed by atoms with E-state index in [2.05, 4.69) is 25.8 Å². The summed E-state index contributed by atoms with van der Waals surface area (Å²) in [5.74, 6) is 0.912. The molecule has 1 aliphatic heterocycles. The molecule has 0 atom stereocenters. The van der Waals surface area contributed by atoms with Gasteiger partial charge in [-0.2, -0.15) is 0 Å². The summed E-state index contributed by atoms with van der Waals surface area (Å²) in [6, 6.07) is 5.63. The van der Waals surface area contributed by atoms with Gasteiger partial charge in [0.05, 0.1) is 17.6 Å². The summed E-state index contributed by atoms with van der Waals surface area (Å²) in [4.78, 5) is 38.7. The molecule has 3 heterocycles. The van der Waals surface area contributed by atoms with Crippen LogP contribution in [0.3, 0.4) is 0 Å². The van der Waals surface area contributed by atoms with Crippen molar-refractivity contribution in [1.82, 2.24) is 14.9 Å². The van der Waals surface area contributed by atoms with Crippen LogP contribution in [0.5, 0.6) is 5.75 Å². The summed E-state index contributed by atoms with van der Waals surface area (Å²) in [6.07, 6.45) is 4.83. The highest BCUT2D eigenvalue weighted by Crippen LogP contribution is 2.46. The number of benzene rings is 1. The lowest BCUT2D eigenvalue weighted by Gasteiger charge is -2.43. The van der Waals surface area contributed by atoms with Crippen LogP contribution in [-0.4, -0.2) is 46.8 Å². The van der Waals surface area contributed by atoms with E-state index in [1.807, 2.05) is 30.0 Å². The van der Waals surface area contributed by atoms with Gasteiger partial charge in [0.25, 0.3) is 5.91 Å². The number of aryl methyl sites for hydroxylation is 1. The lowest BCUT2D eigenvalue weighted by Crippen LogP contribution is -2.46. The van der Waals surface area contributed by atoms with Gasteiger partial charge in [-0.25, -0.2) is 4.98 Å². The topological polar surface area (TPSA) is 72.4 Å². The van der Waals surface area contributed by atoms with Gasteiger partial charge in [-0.3, -0.25) is 14.6 Å². The molecule has 1 amide bonds. The number of nitrogens with zero attached hydrogens (tertiary/aromatic N) is 3. The van der Waals surface area contributed by atoms with Crippen LogP contribution in [0.1, 0.15) is 76.3 Å². The highest BCUT2D eigenvalue weighted by Gasteiger charge is 2.44. The van der Waals surface area contributed by atoms with Gasteiger partial charge in [-0.15, -0.1) is 11.3 Å². The Morgan fingerprint density at radius 3 is 2.59 bits per heavy atom. The smallest absolute Gasteiger partial charge is 0.253 e. The van der Waals surface area contributed by atoms with E-state index in [0.29, 0.717) is 30.8 Å². The van der Waals surface area contributed by atoms with Crippen LogP contribution in [0.15, 0.2) is 24.4 Å². The second kappa shape index (κ2) is 8.15. The third-order valence-corrected chi connectivity index (χ3v) is 8.73. The number of aromatic nitrogens is 2. The van der Waals surface area contributed by atoms with Crippen LogP contribution >= 0.6 is 11.3 Å². The van der Waals surface area contributed by atoms with Gasteiger partial charge in [0.1, 0.15) is 11.4 Å². The number of likely N-dealkylation sites (tertiary alicyclic amines) is 1. The quantitative estimate of drug-likeness (QED) is 0.497. The van der Waals surface area contributed by atoms with Crippen molar-refractivity contribution in [3.05, 3.63) is 51.1 Å². The van der Waals surface area contributed by atoms with Gasteiger partial charge in [-0.05, 0) is 55.4 Å². The molecular formula is C27H31N3O3S. The van der Waals surface area contributed by atoms with Crippen LogP contribution in [0, 0.1) is 12.3 Å². The molecule has 2 aromatic heterocycles. The number of ketones is 1. The molecule has 1 aromatic carbocycles. The fraction of sp³-hybridized carbons (Fsp3) is 0.481. The number of fused-ring (bicyclic) bond motifs is 2. The molecule has 0 unspecified atom stereocenters. The largest absolute Gasteiger partial charge is 0.496 e. The van der Waals surface area contributed by atoms with E-state index >= 15 is 0 Å². The molecule has 0 radical (unpaired) electrons. The minimum absolute atomic E-state index is 0.0291. The zero-order valence-corrected chi connectivity index (χ0v) is 21.3. The first-order chi connectivity index (χ1) is 16.1. The zero-order chi connectivity index (χ0) is 24.3. The maximum atomic E-state index is 13.4. The third kappa shape index (κ3) is 3.90. The van der Waals surface area contributed by atoms with E-state index in [-0.39, 0.29) is 22.5 Å². The minimum Gasteiger partial charge on any atom is -0.496 e. The van der Waals surface area contributed by atoms with Gasteiger partial charge >= 0.3 is 0 Å². The summed E-state index contributed by atoms with van der Waals surface area (Å²) in [5, 5.41) is 1.89. The molecule has 7 heteroatoms. The van der Waals surface area contributed by atoms with Crippen LogP contribution < -0.4 is 4.74 Å². The molecule has 2 aliphatic rings. The number of hydrogen-bond donors (Lipinski definition) is 0. The van der Waals surface area contributed by atoms with Crippen molar-refractivity contribution in [2.75, 3.05) is 20.2 Å². The fourth-order valence-electron chi connectivity index (χ4n) is 5.27. The highest BCUT2D eigenvalue weighted by atomic mass is 32.1. The van der Waals surface area contributed by atoms with Gasteiger partial charge in [0, 0.05) is 46.9 Å². The minimum atomic E-state index is -0.0605. The van der Waals surface area contributed by atoms with E-state index < -0.39 is 0 Å². The highest BCUT2D eigenvalue weighted by molar-refractivity contribution is 7.12. The van der Waals surface area contributed by atoms with Gasteiger partial charge in [0.2, 0.25) is 0 Å². The molecule has 1 aliphatic carbocycles. The van der Waals surface area contributed by atoms with Gasteiger partial charge < -0.3 is 9.64 Å². The SMILES string of the molecule is COc1ccnc2c(C)cc(C(=O)N3CCC4(CC3)CC(=O)c3nc(C(C)(C)C)sc3C4)cc12. The van der Waals surface area contributed by atoms with Crippen molar-refractivity contribution in [3.63, 3.8) is 0 Å². The Hall–Kier alpha value is -2.80. The summed E-state index contributed by atoms with van der Waals surface area (Å²) < 4.78 is 5.50. The monoisotopic (exact) mass is 477 g/mol. The van der Waals surface area contributed by atoms with E-state index in [1.54, 1.807) is 24.6 Å². The molecule has 1 fully saturated rings. The van der Waals surface area contributed by atoms with E-state index in [1.165, 1.54) is 0 Å². The van der Waals surface area contributed by atoms with Crippen molar-refractivity contribution in [1.29, 1.82) is 0 Å². The first-order valence-electron chi connectivity index (χ1n) is 11.9. The maximum Gasteiger partial charge on any atom is 0.253 e. The number of carbonyl (C=O) groups is 2.